The van der Waals surface area contributed by atoms with Crippen molar-refractivity contribution in [1.29, 1.82) is 0 Å². The number of aryl methyl sites for hydroxylation is 1. The number of rotatable bonds is 6. The summed E-state index contributed by atoms with van der Waals surface area (Å²) in [5, 5.41) is 8.74. The van der Waals surface area contributed by atoms with Crippen LogP contribution in [0.25, 0.3) is 0 Å². The minimum absolute atomic E-state index is 0.110. The largest absolute Gasteiger partial charge is 0.480 e. The molecule has 0 aliphatic rings. The number of nitrogens with one attached hydrogen (secondary N) is 2. The third kappa shape index (κ3) is 3.62. The monoisotopic (exact) mass is 324 g/mol. The first-order valence-electron chi connectivity index (χ1n) is 6.39. The Labute approximate surface area is 127 Å². The number of aromatic amines is 1. The fourth-order valence-electron chi connectivity index (χ4n) is 1.88. The van der Waals surface area contributed by atoms with Crippen LogP contribution < -0.4 is 10.5 Å². The molecular formula is C13H16N4O4S. The Bertz CT molecular complexity index is 771. The van der Waals surface area contributed by atoms with Crippen LogP contribution >= 0.6 is 0 Å². The average Bonchev–Trinajstić information content (AvgIpc) is 2.97. The summed E-state index contributed by atoms with van der Waals surface area (Å²) >= 11 is 0. The zero-order valence-electron chi connectivity index (χ0n) is 11.8. The molecule has 0 radical (unpaired) electrons. The van der Waals surface area contributed by atoms with E-state index in [1.807, 2.05) is 0 Å². The molecule has 1 aromatic heterocycles. The summed E-state index contributed by atoms with van der Waals surface area (Å²) in [6, 6.07) is 3.82. The molecule has 0 aliphatic heterocycles. The first-order valence-corrected chi connectivity index (χ1v) is 7.87. The number of benzene rings is 1. The van der Waals surface area contributed by atoms with Gasteiger partial charge in [-0.3, -0.25) is 9.52 Å². The number of anilines is 1. The third-order valence-corrected chi connectivity index (χ3v) is 4.39. The lowest BCUT2D eigenvalue weighted by Crippen LogP contribution is -2.32. The van der Waals surface area contributed by atoms with E-state index in [2.05, 4.69) is 14.7 Å². The van der Waals surface area contributed by atoms with E-state index < -0.39 is 22.0 Å². The Morgan fingerprint density at radius 2 is 2.23 bits per heavy atom. The SMILES string of the molecule is Cc1ccc(NS(=O)(=O)c2c[nH]cn2)cc1C[C@H](N)C(=O)O. The smallest absolute Gasteiger partial charge is 0.320 e. The second-order valence-electron chi connectivity index (χ2n) is 4.80. The first kappa shape index (κ1) is 16.0. The van der Waals surface area contributed by atoms with Gasteiger partial charge >= 0.3 is 5.97 Å². The molecule has 1 atom stereocenters. The Morgan fingerprint density at radius 3 is 2.82 bits per heavy atom. The lowest BCUT2D eigenvalue weighted by molar-refractivity contribution is -0.138. The quantitative estimate of drug-likeness (QED) is 0.609. The number of aromatic nitrogens is 2. The number of hydrogen-bond donors (Lipinski definition) is 4. The molecular weight excluding hydrogens is 308 g/mol. The molecule has 0 bridgehead atoms. The van der Waals surface area contributed by atoms with E-state index in [9.17, 15) is 13.2 Å². The maximum atomic E-state index is 12.1. The average molecular weight is 324 g/mol. The molecule has 0 saturated carbocycles. The van der Waals surface area contributed by atoms with Crippen LogP contribution in [0, 0.1) is 6.92 Å². The molecule has 0 aliphatic carbocycles. The number of carbonyl (C=O) groups is 1. The van der Waals surface area contributed by atoms with Gasteiger partial charge in [0.05, 0.1) is 6.33 Å². The fourth-order valence-corrected chi connectivity index (χ4v) is 2.84. The van der Waals surface area contributed by atoms with Gasteiger partial charge in [0.1, 0.15) is 6.04 Å². The number of hydrogen-bond acceptors (Lipinski definition) is 5. The molecule has 1 aromatic carbocycles. The van der Waals surface area contributed by atoms with Crippen molar-refractivity contribution in [3.63, 3.8) is 0 Å². The number of carboxylic acid groups (broad SMARTS) is 1. The van der Waals surface area contributed by atoms with Crippen LogP contribution in [0.15, 0.2) is 35.7 Å². The molecule has 5 N–H and O–H groups in total. The highest BCUT2D eigenvalue weighted by atomic mass is 32.2. The molecule has 9 heteroatoms. The Morgan fingerprint density at radius 1 is 1.50 bits per heavy atom. The van der Waals surface area contributed by atoms with Gasteiger partial charge in [0.15, 0.2) is 5.03 Å². The summed E-state index contributed by atoms with van der Waals surface area (Å²) in [5.41, 5.74) is 7.34. The summed E-state index contributed by atoms with van der Waals surface area (Å²) in [6.07, 6.45) is 2.64. The van der Waals surface area contributed by atoms with Gasteiger partial charge in [0, 0.05) is 11.9 Å². The lowest BCUT2D eigenvalue weighted by Gasteiger charge is -2.12. The summed E-state index contributed by atoms with van der Waals surface area (Å²) in [5.74, 6) is -1.11. The van der Waals surface area contributed by atoms with Crippen molar-refractivity contribution in [2.24, 2.45) is 5.73 Å². The van der Waals surface area contributed by atoms with E-state index in [-0.39, 0.29) is 11.4 Å². The number of imidazole rings is 1. The topological polar surface area (TPSA) is 138 Å². The van der Waals surface area contributed by atoms with Gasteiger partial charge in [-0.15, -0.1) is 0 Å². The highest BCUT2D eigenvalue weighted by Gasteiger charge is 2.18. The van der Waals surface area contributed by atoms with Gasteiger partial charge < -0.3 is 15.8 Å². The molecule has 0 unspecified atom stereocenters. The number of nitrogens with zero attached hydrogens (tertiary/aromatic N) is 1. The van der Waals surface area contributed by atoms with Gasteiger partial charge in [-0.05, 0) is 36.6 Å². The minimum Gasteiger partial charge on any atom is -0.480 e. The molecule has 0 saturated heterocycles. The summed E-state index contributed by atoms with van der Waals surface area (Å²) in [6.45, 7) is 1.80. The van der Waals surface area contributed by atoms with Crippen LogP contribution in [0.3, 0.4) is 0 Å². The van der Waals surface area contributed by atoms with E-state index in [0.717, 1.165) is 5.56 Å². The van der Waals surface area contributed by atoms with Crippen LogP contribution in [-0.4, -0.2) is 35.5 Å². The van der Waals surface area contributed by atoms with Crippen LogP contribution in [0.1, 0.15) is 11.1 Å². The number of carboxylic acids is 1. The van der Waals surface area contributed by atoms with Gasteiger partial charge in [0.2, 0.25) is 0 Å². The number of H-pyrrole nitrogens is 1. The lowest BCUT2D eigenvalue weighted by atomic mass is 10.0. The van der Waals surface area contributed by atoms with Crippen LogP contribution in [-0.2, 0) is 21.2 Å². The first-order chi connectivity index (χ1) is 10.3. The fraction of sp³-hybridized carbons (Fsp3) is 0.231. The van der Waals surface area contributed by atoms with Crippen molar-refractivity contribution in [3.05, 3.63) is 41.9 Å². The highest BCUT2D eigenvalue weighted by Crippen LogP contribution is 2.19. The van der Waals surface area contributed by atoms with Gasteiger partial charge in [-0.2, -0.15) is 8.42 Å². The molecule has 22 heavy (non-hydrogen) atoms. The maximum absolute atomic E-state index is 12.1. The normalized spacial score (nSPS) is 12.8. The predicted molar refractivity (Wildman–Crippen MR) is 79.9 cm³/mol. The molecule has 1 heterocycles. The number of sulfonamides is 1. The second-order valence-corrected chi connectivity index (χ2v) is 6.43. The Kier molecular flexibility index (Phi) is 4.48. The molecule has 118 valence electrons. The van der Waals surface area contributed by atoms with Crippen LogP contribution in [0.2, 0.25) is 0 Å². The van der Waals surface area contributed by atoms with Crippen molar-refractivity contribution < 1.29 is 18.3 Å². The van der Waals surface area contributed by atoms with Gasteiger partial charge in [0.25, 0.3) is 10.0 Å². The van der Waals surface area contributed by atoms with Crippen molar-refractivity contribution in [3.8, 4) is 0 Å². The van der Waals surface area contributed by atoms with Crippen molar-refractivity contribution in [1.82, 2.24) is 9.97 Å². The highest BCUT2D eigenvalue weighted by molar-refractivity contribution is 7.92. The predicted octanol–water partition coefficient (Wildman–Crippen LogP) is 0.473. The standard InChI is InChI=1S/C13H16N4O4S/c1-8-2-3-10(4-9(8)5-11(14)13(18)19)17-22(20,21)12-6-15-7-16-12/h2-4,6-7,11,17H,5,14H2,1H3,(H,15,16)(H,18,19)/t11-/m0/s1. The molecule has 0 fully saturated rings. The van der Waals surface area contributed by atoms with Gasteiger partial charge in [-0.1, -0.05) is 6.07 Å². The van der Waals surface area contributed by atoms with E-state index in [4.69, 9.17) is 10.8 Å². The number of aliphatic carboxylic acids is 1. The molecule has 8 nitrogen and oxygen atoms in total. The minimum atomic E-state index is -3.78. The summed E-state index contributed by atoms with van der Waals surface area (Å²) in [7, 11) is -3.78. The van der Waals surface area contributed by atoms with E-state index >= 15 is 0 Å². The molecule has 2 aromatic rings. The third-order valence-electron chi connectivity index (χ3n) is 3.11. The Hall–Kier alpha value is -2.39. The van der Waals surface area contributed by atoms with Crippen LogP contribution in [0.4, 0.5) is 5.69 Å². The zero-order chi connectivity index (χ0) is 16.3. The van der Waals surface area contributed by atoms with E-state index in [0.29, 0.717) is 11.3 Å². The van der Waals surface area contributed by atoms with Crippen molar-refractivity contribution in [2.75, 3.05) is 4.72 Å². The summed E-state index contributed by atoms with van der Waals surface area (Å²) in [4.78, 5) is 17.1. The number of nitrogens with two attached hydrogens (primary N) is 1. The second kappa shape index (κ2) is 6.16. The van der Waals surface area contributed by atoms with Gasteiger partial charge in [-0.25, -0.2) is 4.98 Å². The summed E-state index contributed by atoms with van der Waals surface area (Å²) < 4.78 is 26.5. The Balaban J connectivity index is 2.25. The zero-order valence-corrected chi connectivity index (χ0v) is 12.6. The maximum Gasteiger partial charge on any atom is 0.320 e. The van der Waals surface area contributed by atoms with E-state index in [1.54, 1.807) is 25.1 Å². The van der Waals surface area contributed by atoms with Crippen molar-refractivity contribution in [2.45, 2.75) is 24.4 Å². The van der Waals surface area contributed by atoms with Crippen molar-refractivity contribution >= 4 is 21.7 Å². The molecule has 0 amide bonds. The molecule has 2 rings (SSSR count). The molecule has 0 spiro atoms. The van der Waals surface area contributed by atoms with Crippen LogP contribution in [0.5, 0.6) is 0 Å². The van der Waals surface area contributed by atoms with E-state index in [1.165, 1.54) is 12.5 Å².